The summed E-state index contributed by atoms with van der Waals surface area (Å²) >= 11 is 0. The summed E-state index contributed by atoms with van der Waals surface area (Å²) in [6.07, 6.45) is 22.8. The molecular formula is C74H122N2O22. The summed E-state index contributed by atoms with van der Waals surface area (Å²) in [5, 5.41) is 23.5. The smallest absolute Gasteiger partial charge is 0.306 e. The molecular weight excluding hydrogens is 1270 g/mol. The predicted octanol–water partition coefficient (Wildman–Crippen LogP) is 7.71. The molecule has 98 heavy (non-hydrogen) atoms. The van der Waals surface area contributed by atoms with Gasteiger partial charge in [-0.25, -0.2) is 0 Å². The van der Waals surface area contributed by atoms with Gasteiger partial charge in [0.1, 0.15) is 26.4 Å². The van der Waals surface area contributed by atoms with Crippen molar-refractivity contribution in [3.05, 3.63) is 71.8 Å². The molecule has 2 rings (SSSR count). The van der Waals surface area contributed by atoms with Crippen LogP contribution in [0.15, 0.2) is 60.7 Å². The number of ether oxygens (including phenoxy) is 16. The van der Waals surface area contributed by atoms with Crippen LogP contribution < -0.4 is 10.6 Å². The third-order valence-corrected chi connectivity index (χ3v) is 13.6. The van der Waals surface area contributed by atoms with Gasteiger partial charge in [-0.1, -0.05) is 72.5 Å². The van der Waals surface area contributed by atoms with E-state index in [4.69, 9.17) is 98.8 Å². The van der Waals surface area contributed by atoms with Crippen LogP contribution >= 0.6 is 0 Å². The maximum Gasteiger partial charge on any atom is 0.306 e. The van der Waals surface area contributed by atoms with Crippen LogP contribution in [0.25, 0.3) is 0 Å². The lowest BCUT2D eigenvalue weighted by atomic mass is 10.2. The Morgan fingerprint density at radius 2 is 0.551 bits per heavy atom. The summed E-state index contributed by atoms with van der Waals surface area (Å²) in [4.78, 5) is 49.4. The second kappa shape index (κ2) is 74.5. The summed E-state index contributed by atoms with van der Waals surface area (Å²) in [5.74, 6) is 4.12. The van der Waals surface area contributed by atoms with Crippen LogP contribution in [-0.4, -0.2) is 244 Å². The average Bonchev–Trinajstić information content (AvgIpc) is 3.13. The van der Waals surface area contributed by atoms with Crippen LogP contribution in [0.4, 0.5) is 0 Å². The molecule has 0 aliphatic rings. The van der Waals surface area contributed by atoms with Crippen molar-refractivity contribution in [3.8, 4) is 24.7 Å². The highest BCUT2D eigenvalue weighted by molar-refractivity contribution is 5.77. The Morgan fingerprint density at radius 1 is 0.316 bits per heavy atom. The van der Waals surface area contributed by atoms with Crippen LogP contribution in [0, 0.1) is 24.7 Å². The molecule has 0 saturated heterocycles. The largest absolute Gasteiger partial charge is 0.461 e. The van der Waals surface area contributed by atoms with Gasteiger partial charge in [0.25, 0.3) is 0 Å². The van der Waals surface area contributed by atoms with Crippen molar-refractivity contribution in [2.45, 2.75) is 154 Å². The number of nitrogens with one attached hydrogen (secondary N) is 2. The SMILES string of the molecule is C#CCOCCCOCCCOCCCOCC(COCCCOCCCOCCCOCC#C)NC(=O)CCCCC(=O)OCc1ccccc1.O=C(CCCCC(=O)OCc1ccccc1)NC(COCCCOCCCOCCCO)COCCCOCCCOCCCO. The zero-order valence-corrected chi connectivity index (χ0v) is 58.9. The van der Waals surface area contributed by atoms with E-state index in [2.05, 4.69) is 22.5 Å². The van der Waals surface area contributed by atoms with Crippen molar-refractivity contribution in [1.82, 2.24) is 10.6 Å². The third kappa shape index (κ3) is 66.7. The van der Waals surface area contributed by atoms with Gasteiger partial charge in [-0.15, -0.1) is 12.8 Å². The van der Waals surface area contributed by atoms with Gasteiger partial charge < -0.3 is 96.6 Å². The number of aliphatic hydroxyl groups excluding tert-OH is 2. The zero-order chi connectivity index (χ0) is 70.6. The summed E-state index contributed by atoms with van der Waals surface area (Å²) in [6.45, 7) is 15.6. The number of esters is 2. The minimum Gasteiger partial charge on any atom is -0.461 e. The molecule has 0 spiro atoms. The quantitative estimate of drug-likeness (QED) is 0.0280. The lowest BCUT2D eigenvalue weighted by Gasteiger charge is -2.19. The fourth-order valence-electron chi connectivity index (χ4n) is 8.54. The van der Waals surface area contributed by atoms with Gasteiger partial charge in [0.05, 0.1) is 51.7 Å². The maximum atomic E-state index is 12.7. The Balaban J connectivity index is 0.000000987. The fourth-order valence-corrected chi connectivity index (χ4v) is 8.54. The van der Waals surface area contributed by atoms with Crippen LogP contribution in [-0.2, 0) is 108 Å². The van der Waals surface area contributed by atoms with E-state index in [9.17, 15) is 19.2 Å². The molecule has 0 heterocycles. The van der Waals surface area contributed by atoms with Crippen molar-refractivity contribution < 1.29 is 105 Å². The Labute approximate surface area is 585 Å². The van der Waals surface area contributed by atoms with Gasteiger partial charge in [0, 0.05) is 171 Å². The topological polar surface area (TPSA) is 280 Å². The number of unbranched alkanes of at least 4 members (excludes halogenated alkanes) is 2. The van der Waals surface area contributed by atoms with E-state index in [0.29, 0.717) is 236 Å². The molecule has 0 aliphatic heterocycles. The second-order valence-electron chi connectivity index (χ2n) is 22.6. The van der Waals surface area contributed by atoms with Crippen molar-refractivity contribution in [3.63, 3.8) is 0 Å². The minimum atomic E-state index is -0.298. The molecule has 0 aromatic heterocycles. The zero-order valence-electron chi connectivity index (χ0n) is 58.9. The number of hydrogen-bond acceptors (Lipinski definition) is 22. The lowest BCUT2D eigenvalue weighted by Crippen LogP contribution is -2.41. The lowest BCUT2D eigenvalue weighted by molar-refractivity contribution is -0.146. The summed E-state index contributed by atoms with van der Waals surface area (Å²) in [7, 11) is 0. The second-order valence-corrected chi connectivity index (χ2v) is 22.6. The average molecular weight is 1390 g/mol. The van der Waals surface area contributed by atoms with Crippen molar-refractivity contribution in [2.75, 3.05) is 198 Å². The first-order valence-corrected chi connectivity index (χ1v) is 35.5. The monoisotopic (exact) mass is 1390 g/mol. The van der Waals surface area contributed by atoms with Gasteiger partial charge in [-0.05, 0) is 114 Å². The standard InChI is InChI=1S/C40H63NO11.C34H59NO11/c1-3-20-44-22-10-24-46-26-12-28-48-30-14-32-50-35-38(36-51-33-15-31-49-29-13-27-47-25-11-23-45-21-4-2)41-39(42)18-8-9-19-40(43)52-34-37-16-6-5-7-17-37;36-16-6-18-40-20-8-22-42-24-10-26-44-29-32(30-45-27-11-25-43-23-9-21-41-19-7-17-37)35-33(38)14-4-5-15-34(39)46-28-31-12-2-1-3-13-31/h1-2,5-7,16-17,38H,8-15,18-36H2,(H,41,42);1-3,12-13,32,36-37H,4-11,14-30H2,(H,35,38). The van der Waals surface area contributed by atoms with Crippen molar-refractivity contribution in [2.24, 2.45) is 0 Å². The highest BCUT2D eigenvalue weighted by Crippen LogP contribution is 2.09. The normalized spacial score (nSPS) is 11.1. The Morgan fingerprint density at radius 3 is 0.806 bits per heavy atom. The molecule has 560 valence electrons. The van der Waals surface area contributed by atoms with Gasteiger partial charge in [-0.3, -0.25) is 19.2 Å². The van der Waals surface area contributed by atoms with Crippen molar-refractivity contribution >= 4 is 23.8 Å². The fraction of sp³-hybridized carbons (Fsp3) is 0.730. The molecule has 0 saturated carbocycles. The van der Waals surface area contributed by atoms with Gasteiger partial charge in [-0.2, -0.15) is 0 Å². The molecule has 4 N–H and O–H groups in total. The number of hydrogen-bond donors (Lipinski definition) is 4. The number of aliphatic hydroxyl groups is 2. The molecule has 0 fully saturated rings. The Bertz CT molecular complexity index is 2080. The molecule has 0 atom stereocenters. The maximum absolute atomic E-state index is 12.7. The summed E-state index contributed by atoms with van der Waals surface area (Å²) in [6, 6.07) is 18.5. The van der Waals surface area contributed by atoms with E-state index in [1.165, 1.54) is 0 Å². The molecule has 0 bridgehead atoms. The van der Waals surface area contributed by atoms with E-state index in [-0.39, 0.29) is 75.1 Å². The van der Waals surface area contributed by atoms with Gasteiger partial charge in [0.15, 0.2) is 0 Å². The first-order chi connectivity index (χ1) is 48.3. The molecule has 0 radical (unpaired) electrons. The Hall–Kier alpha value is -5.20. The molecule has 2 aromatic rings. The number of terminal acetylenes is 2. The van der Waals surface area contributed by atoms with Crippen LogP contribution in [0.3, 0.4) is 0 Å². The highest BCUT2D eigenvalue weighted by atomic mass is 16.5. The van der Waals surface area contributed by atoms with E-state index in [1.807, 2.05) is 60.7 Å². The van der Waals surface area contributed by atoms with Crippen molar-refractivity contribution in [1.29, 1.82) is 0 Å². The van der Waals surface area contributed by atoms with Crippen LogP contribution in [0.2, 0.25) is 0 Å². The number of carbonyl (C=O) groups excluding carboxylic acids is 4. The predicted molar refractivity (Wildman–Crippen MR) is 372 cm³/mol. The minimum absolute atomic E-state index is 0.105. The molecule has 2 amide bonds. The van der Waals surface area contributed by atoms with Crippen LogP contribution in [0.5, 0.6) is 0 Å². The first-order valence-electron chi connectivity index (χ1n) is 35.5. The molecule has 2 aromatic carbocycles. The first kappa shape index (κ1) is 90.8. The summed E-state index contributed by atoms with van der Waals surface area (Å²) in [5.41, 5.74) is 1.89. The van der Waals surface area contributed by atoms with E-state index < -0.39 is 0 Å². The van der Waals surface area contributed by atoms with E-state index in [0.717, 1.165) is 75.3 Å². The van der Waals surface area contributed by atoms with E-state index >= 15 is 0 Å². The van der Waals surface area contributed by atoms with E-state index in [1.54, 1.807) is 0 Å². The number of benzene rings is 2. The number of rotatable bonds is 72. The molecule has 24 heteroatoms. The Kier molecular flexibility index (Phi) is 69.0. The molecule has 24 nitrogen and oxygen atoms in total. The van der Waals surface area contributed by atoms with Gasteiger partial charge in [0.2, 0.25) is 11.8 Å². The van der Waals surface area contributed by atoms with Gasteiger partial charge >= 0.3 is 11.9 Å². The third-order valence-electron chi connectivity index (χ3n) is 13.6. The molecule has 0 aliphatic carbocycles. The summed E-state index contributed by atoms with van der Waals surface area (Å²) < 4.78 is 88.8. The molecule has 0 unspecified atom stereocenters. The number of carbonyl (C=O) groups is 4. The number of amides is 2. The highest BCUT2D eigenvalue weighted by Gasteiger charge is 2.16. The van der Waals surface area contributed by atoms with Crippen LogP contribution in [0.1, 0.15) is 140 Å².